The molecule has 46 valence electrons. The van der Waals surface area contributed by atoms with Crippen molar-refractivity contribution in [3.05, 3.63) is 11.6 Å². The lowest BCUT2D eigenvalue weighted by Gasteiger charge is -1.93. The molecule has 0 amide bonds. The zero-order chi connectivity index (χ0) is 6.57. The van der Waals surface area contributed by atoms with Gasteiger partial charge in [0.25, 0.3) is 0 Å². The lowest BCUT2D eigenvalue weighted by Crippen LogP contribution is -1.96. The van der Waals surface area contributed by atoms with Crippen LogP contribution in [-0.4, -0.2) is 5.97 Å². The van der Waals surface area contributed by atoms with Gasteiger partial charge in [-0.05, 0) is 13.8 Å². The first-order chi connectivity index (χ1) is 3.72. The van der Waals surface area contributed by atoms with E-state index in [4.69, 9.17) is 0 Å². The molecule has 0 aliphatic rings. The van der Waals surface area contributed by atoms with Crippen molar-refractivity contribution in [2.45, 2.75) is 13.8 Å². The zero-order valence-electron chi connectivity index (χ0n) is 4.97. The summed E-state index contributed by atoms with van der Waals surface area (Å²) >= 11 is 0. The summed E-state index contributed by atoms with van der Waals surface area (Å²) in [6.07, 6.45) is 1.70. The van der Waals surface area contributed by atoms with Gasteiger partial charge in [-0.2, -0.15) is 0 Å². The molecule has 1 atom stereocenters. The Balaban J connectivity index is 3.83. The van der Waals surface area contributed by atoms with Gasteiger partial charge >= 0.3 is 5.97 Å². The van der Waals surface area contributed by atoms with Gasteiger partial charge in [-0.1, -0.05) is 6.08 Å². The van der Waals surface area contributed by atoms with E-state index in [1.165, 1.54) is 0 Å². The summed E-state index contributed by atoms with van der Waals surface area (Å²) < 4.78 is 4.31. The molecule has 0 aliphatic carbocycles. The van der Waals surface area contributed by atoms with Crippen molar-refractivity contribution in [2.75, 3.05) is 0 Å². The molecule has 8 heavy (non-hydrogen) atoms. The first kappa shape index (κ1) is 7.64. The predicted octanol–water partition coefficient (Wildman–Crippen LogP) is 1.29. The molecule has 0 heterocycles. The van der Waals surface area contributed by atoms with Crippen molar-refractivity contribution < 1.29 is 9.32 Å². The summed E-state index contributed by atoms with van der Waals surface area (Å²) in [5.74, 6) is -0.294. The SMILES string of the molecule is CC=C(C)C(=O)OP. The zero-order valence-corrected chi connectivity index (χ0v) is 6.13. The van der Waals surface area contributed by atoms with Crippen molar-refractivity contribution >= 4 is 15.4 Å². The maximum atomic E-state index is 10.4. The van der Waals surface area contributed by atoms with Gasteiger partial charge in [-0.25, -0.2) is 4.79 Å². The fourth-order valence-corrected chi connectivity index (χ4v) is 0.397. The van der Waals surface area contributed by atoms with Crippen molar-refractivity contribution in [3.8, 4) is 0 Å². The van der Waals surface area contributed by atoms with Gasteiger partial charge in [-0.15, -0.1) is 0 Å². The van der Waals surface area contributed by atoms with E-state index >= 15 is 0 Å². The van der Waals surface area contributed by atoms with Crippen LogP contribution in [0, 0.1) is 0 Å². The lowest BCUT2D eigenvalue weighted by atomic mass is 10.3. The van der Waals surface area contributed by atoms with E-state index in [0.29, 0.717) is 5.57 Å². The van der Waals surface area contributed by atoms with Crippen molar-refractivity contribution in [3.63, 3.8) is 0 Å². The highest BCUT2D eigenvalue weighted by Crippen LogP contribution is 1.98. The third-order valence-electron chi connectivity index (χ3n) is 0.862. The highest BCUT2D eigenvalue weighted by molar-refractivity contribution is 7.10. The van der Waals surface area contributed by atoms with Gasteiger partial charge in [0.1, 0.15) is 0 Å². The van der Waals surface area contributed by atoms with E-state index in [1.54, 1.807) is 19.9 Å². The topological polar surface area (TPSA) is 26.3 Å². The molecule has 0 fully saturated rings. The Morgan fingerprint density at radius 3 is 2.38 bits per heavy atom. The van der Waals surface area contributed by atoms with E-state index in [0.717, 1.165) is 0 Å². The van der Waals surface area contributed by atoms with Crippen LogP contribution in [0.1, 0.15) is 13.8 Å². The minimum Gasteiger partial charge on any atom is -0.448 e. The van der Waals surface area contributed by atoms with Crippen molar-refractivity contribution in [1.82, 2.24) is 0 Å². The van der Waals surface area contributed by atoms with Gasteiger partial charge < -0.3 is 4.52 Å². The summed E-state index contributed by atoms with van der Waals surface area (Å²) in [5.41, 5.74) is 0.625. The van der Waals surface area contributed by atoms with Crippen LogP contribution in [0.3, 0.4) is 0 Å². The van der Waals surface area contributed by atoms with E-state index in [2.05, 4.69) is 4.52 Å². The fourth-order valence-electron chi connectivity index (χ4n) is 0.211. The molecular formula is C5H9O2P. The number of hydrogen-bond donors (Lipinski definition) is 0. The fraction of sp³-hybridized carbons (Fsp3) is 0.400. The Bertz CT molecular complexity index is 118. The number of hydrogen-bond acceptors (Lipinski definition) is 2. The maximum absolute atomic E-state index is 10.4. The molecule has 0 radical (unpaired) electrons. The summed E-state index contributed by atoms with van der Waals surface area (Å²) in [7, 11) is 1.90. The molecule has 3 heteroatoms. The molecule has 2 nitrogen and oxygen atoms in total. The van der Waals surface area contributed by atoms with Crippen LogP contribution in [0.2, 0.25) is 0 Å². The number of rotatable bonds is 1. The van der Waals surface area contributed by atoms with E-state index in [1.807, 2.05) is 9.47 Å². The monoisotopic (exact) mass is 132 g/mol. The van der Waals surface area contributed by atoms with Crippen molar-refractivity contribution in [2.24, 2.45) is 0 Å². The molecule has 0 aliphatic heterocycles. The minimum absolute atomic E-state index is 0.294. The summed E-state index contributed by atoms with van der Waals surface area (Å²) in [4.78, 5) is 10.4. The van der Waals surface area contributed by atoms with Gasteiger partial charge in [0.15, 0.2) is 0 Å². The second-order valence-corrected chi connectivity index (χ2v) is 1.61. The van der Waals surface area contributed by atoms with Gasteiger partial charge in [0.2, 0.25) is 0 Å². The standard InChI is InChI=1S/C5H9O2P/c1-3-4(2)5(6)7-8/h3H,8H2,1-2H3. The Labute approximate surface area is 51.2 Å². The normalized spacial score (nSPS) is 11.1. The molecule has 0 aromatic carbocycles. The molecule has 0 bridgehead atoms. The lowest BCUT2D eigenvalue weighted by molar-refractivity contribution is -0.128. The van der Waals surface area contributed by atoms with Crippen LogP contribution < -0.4 is 0 Å². The Hall–Kier alpha value is -0.360. The average Bonchev–Trinajstić information content (AvgIpc) is 1.84. The first-order valence-corrected chi connectivity index (χ1v) is 2.73. The largest absolute Gasteiger partial charge is 0.448 e. The molecule has 1 unspecified atom stereocenters. The number of carbonyl (C=O) groups excluding carboxylic acids is 1. The maximum Gasteiger partial charge on any atom is 0.335 e. The predicted molar refractivity (Wildman–Crippen MR) is 35.2 cm³/mol. The molecular weight excluding hydrogens is 123 g/mol. The minimum atomic E-state index is -0.294. The van der Waals surface area contributed by atoms with Crippen LogP contribution in [0.15, 0.2) is 11.6 Å². The van der Waals surface area contributed by atoms with Crippen LogP contribution in [0.4, 0.5) is 0 Å². The third kappa shape index (κ3) is 2.08. The van der Waals surface area contributed by atoms with Crippen LogP contribution in [0.25, 0.3) is 0 Å². The molecule has 0 aromatic heterocycles. The second kappa shape index (κ2) is 3.62. The van der Waals surface area contributed by atoms with Crippen molar-refractivity contribution in [1.29, 1.82) is 0 Å². The molecule has 0 rings (SSSR count). The van der Waals surface area contributed by atoms with E-state index in [-0.39, 0.29) is 5.97 Å². The number of carbonyl (C=O) groups is 1. The molecule has 0 N–H and O–H groups in total. The summed E-state index contributed by atoms with van der Waals surface area (Å²) in [6, 6.07) is 0. The summed E-state index contributed by atoms with van der Waals surface area (Å²) in [5, 5.41) is 0. The van der Waals surface area contributed by atoms with Crippen LogP contribution in [0.5, 0.6) is 0 Å². The van der Waals surface area contributed by atoms with Gasteiger partial charge in [0, 0.05) is 5.57 Å². The smallest absolute Gasteiger partial charge is 0.335 e. The highest BCUT2D eigenvalue weighted by Gasteiger charge is 1.98. The van der Waals surface area contributed by atoms with Gasteiger partial charge in [0.05, 0.1) is 9.47 Å². The summed E-state index contributed by atoms with van der Waals surface area (Å²) in [6.45, 7) is 3.49. The van der Waals surface area contributed by atoms with Crippen LogP contribution >= 0.6 is 9.47 Å². The van der Waals surface area contributed by atoms with Gasteiger partial charge in [-0.3, -0.25) is 0 Å². The molecule has 0 saturated carbocycles. The van der Waals surface area contributed by atoms with E-state index in [9.17, 15) is 4.79 Å². The molecule has 0 saturated heterocycles. The second-order valence-electron chi connectivity index (χ2n) is 1.38. The number of allylic oxidation sites excluding steroid dienone is 1. The molecule has 0 spiro atoms. The van der Waals surface area contributed by atoms with Crippen LogP contribution in [-0.2, 0) is 9.32 Å². The third-order valence-corrected chi connectivity index (χ3v) is 1.08. The first-order valence-electron chi connectivity index (χ1n) is 2.26. The Kier molecular flexibility index (Phi) is 3.46. The van der Waals surface area contributed by atoms with E-state index < -0.39 is 0 Å². The Morgan fingerprint density at radius 2 is 2.25 bits per heavy atom. The highest BCUT2D eigenvalue weighted by atomic mass is 31.0. The average molecular weight is 132 g/mol. The Morgan fingerprint density at radius 1 is 1.75 bits per heavy atom. The quantitative estimate of drug-likeness (QED) is 0.397. The molecule has 0 aromatic rings.